The fourth-order valence-corrected chi connectivity index (χ4v) is 4.10. The molecule has 1 saturated heterocycles. The molecule has 0 unspecified atom stereocenters. The zero-order chi connectivity index (χ0) is 18.4. The van der Waals surface area contributed by atoms with Gasteiger partial charge in [-0.25, -0.2) is 17.2 Å². The number of unbranched alkanes of at least 4 members (excludes halogenated alkanes) is 1. The van der Waals surface area contributed by atoms with E-state index >= 15 is 0 Å². The molecule has 0 atom stereocenters. The quantitative estimate of drug-likeness (QED) is 0.727. The van der Waals surface area contributed by atoms with E-state index in [1.54, 1.807) is 0 Å². The molecule has 0 spiro atoms. The molecule has 1 aromatic carbocycles. The lowest BCUT2D eigenvalue weighted by Crippen LogP contribution is -2.51. The van der Waals surface area contributed by atoms with Gasteiger partial charge in [-0.3, -0.25) is 9.69 Å². The number of carbonyl (C=O) groups excluding carboxylic acids is 1. The Hall–Kier alpha value is -1.58. The van der Waals surface area contributed by atoms with Crippen LogP contribution < -0.4 is 5.32 Å². The summed E-state index contributed by atoms with van der Waals surface area (Å²) in [6, 6.07) is 2.38. The van der Waals surface area contributed by atoms with E-state index in [0.717, 1.165) is 29.3 Å². The molecule has 0 saturated carbocycles. The van der Waals surface area contributed by atoms with E-state index in [9.17, 15) is 22.0 Å². The van der Waals surface area contributed by atoms with Gasteiger partial charge in [0.2, 0.25) is 15.9 Å². The van der Waals surface area contributed by atoms with E-state index in [0.29, 0.717) is 25.7 Å². The summed E-state index contributed by atoms with van der Waals surface area (Å²) < 4.78 is 53.1. The predicted molar refractivity (Wildman–Crippen MR) is 89.5 cm³/mol. The van der Waals surface area contributed by atoms with Crippen molar-refractivity contribution in [2.24, 2.45) is 0 Å². The fraction of sp³-hybridized carbons (Fsp3) is 0.562. The first-order valence-corrected chi connectivity index (χ1v) is 9.73. The third kappa shape index (κ3) is 5.20. The molecule has 1 aliphatic heterocycles. The van der Waals surface area contributed by atoms with Gasteiger partial charge in [-0.2, -0.15) is 4.31 Å². The van der Waals surface area contributed by atoms with E-state index in [1.807, 2.05) is 11.8 Å². The molecule has 0 aliphatic carbocycles. The van der Waals surface area contributed by atoms with Crippen molar-refractivity contribution in [1.29, 1.82) is 0 Å². The third-order valence-electron chi connectivity index (χ3n) is 4.06. The number of piperazine rings is 1. The maximum absolute atomic E-state index is 13.8. The van der Waals surface area contributed by atoms with Crippen LogP contribution in [0.3, 0.4) is 0 Å². The molecule has 1 amide bonds. The average molecular weight is 375 g/mol. The summed E-state index contributed by atoms with van der Waals surface area (Å²) in [5.41, 5.74) is 0. The van der Waals surface area contributed by atoms with Crippen molar-refractivity contribution in [2.75, 3.05) is 39.3 Å². The Morgan fingerprint density at radius 3 is 2.52 bits per heavy atom. The first-order chi connectivity index (χ1) is 11.8. The molecule has 25 heavy (non-hydrogen) atoms. The summed E-state index contributed by atoms with van der Waals surface area (Å²) in [6.45, 7) is 3.83. The van der Waals surface area contributed by atoms with Crippen LogP contribution in [-0.4, -0.2) is 62.8 Å². The number of halogens is 2. The largest absolute Gasteiger partial charge is 0.355 e. The molecule has 9 heteroatoms. The molecule has 0 aromatic heterocycles. The van der Waals surface area contributed by atoms with Gasteiger partial charge in [0, 0.05) is 32.7 Å². The van der Waals surface area contributed by atoms with Crippen LogP contribution in [0.4, 0.5) is 8.78 Å². The lowest BCUT2D eigenvalue weighted by Gasteiger charge is -2.33. The summed E-state index contributed by atoms with van der Waals surface area (Å²) in [7, 11) is -4.09. The maximum atomic E-state index is 13.8. The Bertz CT molecular complexity index is 705. The van der Waals surface area contributed by atoms with Crippen molar-refractivity contribution in [3.63, 3.8) is 0 Å². The smallest absolute Gasteiger partial charge is 0.246 e. The van der Waals surface area contributed by atoms with E-state index in [-0.39, 0.29) is 25.5 Å². The number of nitrogens with zero attached hydrogens (tertiary/aromatic N) is 2. The van der Waals surface area contributed by atoms with Crippen LogP contribution in [0.1, 0.15) is 19.8 Å². The highest BCUT2D eigenvalue weighted by molar-refractivity contribution is 7.89. The Morgan fingerprint density at radius 2 is 1.88 bits per heavy atom. The second-order valence-corrected chi connectivity index (χ2v) is 7.86. The summed E-state index contributed by atoms with van der Waals surface area (Å²) in [4.78, 5) is 13.0. The second-order valence-electron chi connectivity index (χ2n) is 5.96. The van der Waals surface area contributed by atoms with Crippen LogP contribution in [0.25, 0.3) is 0 Å². The molecule has 0 bridgehead atoms. The summed E-state index contributed by atoms with van der Waals surface area (Å²) in [5.74, 6) is -1.87. The SMILES string of the molecule is CCCCNC(=O)CN1CCN(S(=O)(=O)c2cc(F)ccc2F)CC1. The number of hydrogen-bond donors (Lipinski definition) is 1. The predicted octanol–water partition coefficient (Wildman–Crippen LogP) is 1.19. The van der Waals surface area contributed by atoms with Gasteiger partial charge in [-0.1, -0.05) is 13.3 Å². The molecule has 1 aromatic rings. The number of hydrogen-bond acceptors (Lipinski definition) is 4. The molecule has 1 fully saturated rings. The van der Waals surface area contributed by atoms with Crippen molar-refractivity contribution >= 4 is 15.9 Å². The van der Waals surface area contributed by atoms with E-state index in [2.05, 4.69) is 5.32 Å². The minimum Gasteiger partial charge on any atom is -0.355 e. The molecule has 1 N–H and O–H groups in total. The zero-order valence-electron chi connectivity index (χ0n) is 14.2. The van der Waals surface area contributed by atoms with Gasteiger partial charge in [0.1, 0.15) is 16.5 Å². The highest BCUT2D eigenvalue weighted by Crippen LogP contribution is 2.21. The van der Waals surface area contributed by atoms with Gasteiger partial charge < -0.3 is 5.32 Å². The molecule has 2 rings (SSSR count). The van der Waals surface area contributed by atoms with Crippen LogP contribution in [0.15, 0.2) is 23.1 Å². The molecule has 0 radical (unpaired) electrons. The van der Waals surface area contributed by atoms with Crippen LogP contribution in [0.2, 0.25) is 0 Å². The Morgan fingerprint density at radius 1 is 1.20 bits per heavy atom. The first kappa shape index (κ1) is 19.7. The Labute approximate surface area is 146 Å². The van der Waals surface area contributed by atoms with E-state index in [1.165, 1.54) is 0 Å². The third-order valence-corrected chi connectivity index (χ3v) is 5.98. The number of carbonyl (C=O) groups is 1. The van der Waals surface area contributed by atoms with Crippen LogP contribution >= 0.6 is 0 Å². The van der Waals surface area contributed by atoms with Gasteiger partial charge in [0.25, 0.3) is 0 Å². The molecule has 1 heterocycles. The Balaban J connectivity index is 1.93. The van der Waals surface area contributed by atoms with Gasteiger partial charge >= 0.3 is 0 Å². The van der Waals surface area contributed by atoms with Crippen molar-refractivity contribution in [1.82, 2.24) is 14.5 Å². The summed E-state index contributed by atoms with van der Waals surface area (Å²) in [5, 5.41) is 2.81. The lowest BCUT2D eigenvalue weighted by molar-refractivity contribution is -0.122. The molecular weight excluding hydrogens is 352 g/mol. The maximum Gasteiger partial charge on any atom is 0.246 e. The van der Waals surface area contributed by atoms with Crippen molar-refractivity contribution in [2.45, 2.75) is 24.7 Å². The van der Waals surface area contributed by atoms with Crippen molar-refractivity contribution in [3.8, 4) is 0 Å². The molecule has 140 valence electrons. The van der Waals surface area contributed by atoms with Crippen LogP contribution in [0, 0.1) is 11.6 Å². The average Bonchev–Trinajstić information content (AvgIpc) is 2.57. The Kier molecular flexibility index (Phi) is 6.86. The van der Waals surface area contributed by atoms with Gasteiger partial charge in [-0.15, -0.1) is 0 Å². The normalized spacial score (nSPS) is 16.8. The number of rotatable bonds is 7. The second kappa shape index (κ2) is 8.68. The van der Waals surface area contributed by atoms with Crippen LogP contribution in [-0.2, 0) is 14.8 Å². The van der Waals surface area contributed by atoms with Gasteiger partial charge in [0.05, 0.1) is 6.54 Å². The lowest BCUT2D eigenvalue weighted by atomic mass is 10.3. The van der Waals surface area contributed by atoms with Crippen molar-refractivity contribution in [3.05, 3.63) is 29.8 Å². The number of amides is 1. The first-order valence-electron chi connectivity index (χ1n) is 8.29. The zero-order valence-corrected chi connectivity index (χ0v) is 15.0. The monoisotopic (exact) mass is 375 g/mol. The molecule has 1 aliphatic rings. The standard InChI is InChI=1S/C16H23F2N3O3S/c1-2-3-6-19-16(22)12-20-7-9-21(10-8-20)25(23,24)15-11-13(17)4-5-14(15)18/h4-5,11H,2-3,6-10,12H2,1H3,(H,19,22). The van der Waals surface area contributed by atoms with Gasteiger partial charge in [-0.05, 0) is 24.6 Å². The van der Waals surface area contributed by atoms with E-state index in [4.69, 9.17) is 0 Å². The fourth-order valence-electron chi connectivity index (χ4n) is 2.61. The topological polar surface area (TPSA) is 69.7 Å². The highest BCUT2D eigenvalue weighted by Gasteiger charge is 2.31. The van der Waals surface area contributed by atoms with Crippen LogP contribution in [0.5, 0.6) is 0 Å². The number of benzene rings is 1. The van der Waals surface area contributed by atoms with E-state index < -0.39 is 26.6 Å². The number of sulfonamides is 1. The number of nitrogens with one attached hydrogen (secondary N) is 1. The highest BCUT2D eigenvalue weighted by atomic mass is 32.2. The molecule has 6 nitrogen and oxygen atoms in total. The van der Waals surface area contributed by atoms with Crippen molar-refractivity contribution < 1.29 is 22.0 Å². The summed E-state index contributed by atoms with van der Waals surface area (Å²) >= 11 is 0. The minimum absolute atomic E-state index is 0.0964. The van der Waals surface area contributed by atoms with Gasteiger partial charge in [0.15, 0.2) is 0 Å². The summed E-state index contributed by atoms with van der Waals surface area (Å²) in [6.07, 6.45) is 1.91. The minimum atomic E-state index is -4.09. The molecular formula is C16H23F2N3O3S.